The van der Waals surface area contributed by atoms with Crippen LogP contribution in [0.15, 0.2) is 24.3 Å². The zero-order valence-corrected chi connectivity index (χ0v) is 18.9. The minimum atomic E-state index is -0.624. The maximum atomic E-state index is 14.4. The van der Waals surface area contributed by atoms with Gasteiger partial charge in [-0.15, -0.1) is 0 Å². The van der Waals surface area contributed by atoms with E-state index in [1.807, 2.05) is 17.9 Å². The molecule has 1 saturated heterocycles. The predicted molar refractivity (Wildman–Crippen MR) is 118 cm³/mol. The first-order valence-electron chi connectivity index (χ1n) is 11.7. The van der Waals surface area contributed by atoms with Crippen molar-refractivity contribution >= 4 is 6.03 Å². The Morgan fingerprint density at radius 3 is 2.69 bits per heavy atom. The molecule has 2 amide bonds. The molecule has 2 bridgehead atoms. The smallest absolute Gasteiger partial charge is 0.317 e. The van der Waals surface area contributed by atoms with Gasteiger partial charge in [0.25, 0.3) is 0 Å². The molecule has 0 spiro atoms. The Morgan fingerprint density at radius 2 is 1.97 bits per heavy atom. The Labute approximate surface area is 187 Å². The molecule has 0 radical (unpaired) electrons. The summed E-state index contributed by atoms with van der Waals surface area (Å²) in [6.07, 6.45) is 4.03. The third-order valence-corrected chi connectivity index (χ3v) is 8.42. The van der Waals surface area contributed by atoms with E-state index in [1.54, 1.807) is 0 Å². The first-order chi connectivity index (χ1) is 15.3. The van der Waals surface area contributed by atoms with E-state index >= 15 is 0 Å². The maximum Gasteiger partial charge on any atom is 0.317 e. The molecule has 1 saturated carbocycles. The molecule has 3 aliphatic rings. The van der Waals surface area contributed by atoms with Gasteiger partial charge in [-0.3, -0.25) is 0 Å². The van der Waals surface area contributed by atoms with Gasteiger partial charge < -0.3 is 10.2 Å². The van der Waals surface area contributed by atoms with Crippen LogP contribution >= 0.6 is 0 Å². The molecule has 5 nitrogen and oxygen atoms in total. The molecule has 3 unspecified atom stereocenters. The molecule has 3 atom stereocenters. The Balaban J connectivity index is 1.56. The van der Waals surface area contributed by atoms with Gasteiger partial charge in [0.15, 0.2) is 0 Å². The molecule has 1 aliphatic heterocycles. The molecule has 2 aromatic rings. The van der Waals surface area contributed by atoms with Gasteiger partial charge in [0, 0.05) is 25.0 Å². The molecular weight excluding hydrogens is 410 g/mol. The minimum Gasteiger partial charge on any atom is -0.338 e. The number of piperidine rings is 1. The molecule has 1 aromatic carbocycles. The summed E-state index contributed by atoms with van der Waals surface area (Å²) in [6.45, 7) is 8.60. The second kappa shape index (κ2) is 7.49. The van der Waals surface area contributed by atoms with Crippen LogP contribution in [-0.2, 0) is 5.41 Å². The number of rotatable bonds is 3. The summed E-state index contributed by atoms with van der Waals surface area (Å²) in [5.41, 5.74) is 1.94. The lowest BCUT2D eigenvalue weighted by Gasteiger charge is -2.48. The number of nitrogens with zero attached hydrogens (tertiary/aromatic N) is 3. The first-order valence-corrected chi connectivity index (χ1v) is 11.7. The highest BCUT2D eigenvalue weighted by Gasteiger charge is 2.66. The normalized spacial score (nSPS) is 28.0. The van der Waals surface area contributed by atoms with E-state index in [9.17, 15) is 13.6 Å². The third kappa shape index (κ3) is 2.82. The number of urea groups is 1. The van der Waals surface area contributed by atoms with Crippen LogP contribution in [0.3, 0.4) is 0 Å². The van der Waals surface area contributed by atoms with Gasteiger partial charge in [0.05, 0.1) is 17.0 Å². The van der Waals surface area contributed by atoms with E-state index in [4.69, 9.17) is 0 Å². The van der Waals surface area contributed by atoms with Crippen molar-refractivity contribution in [2.24, 2.45) is 11.3 Å². The summed E-state index contributed by atoms with van der Waals surface area (Å²) >= 11 is 0. The Kier molecular flexibility index (Phi) is 4.98. The van der Waals surface area contributed by atoms with E-state index in [0.717, 1.165) is 43.5 Å². The minimum absolute atomic E-state index is 0.00404. The maximum absolute atomic E-state index is 14.4. The molecule has 32 heavy (non-hydrogen) atoms. The van der Waals surface area contributed by atoms with Crippen molar-refractivity contribution < 1.29 is 13.6 Å². The second-order valence-electron chi connectivity index (χ2n) is 10.0. The highest BCUT2D eigenvalue weighted by molar-refractivity contribution is 5.74. The Bertz CT molecular complexity index is 1050. The van der Waals surface area contributed by atoms with Crippen LogP contribution in [0.1, 0.15) is 63.6 Å². The number of likely N-dealkylation sites (tertiary alicyclic amines) is 1. The lowest BCUT2D eigenvalue weighted by atomic mass is 9.59. The summed E-state index contributed by atoms with van der Waals surface area (Å²) in [4.78, 5) is 14.5. The molecule has 170 valence electrons. The van der Waals surface area contributed by atoms with Crippen LogP contribution in [0.5, 0.6) is 0 Å². The van der Waals surface area contributed by atoms with Crippen molar-refractivity contribution in [2.45, 2.75) is 57.8 Å². The number of amides is 2. The van der Waals surface area contributed by atoms with Crippen molar-refractivity contribution in [2.75, 3.05) is 19.6 Å². The van der Waals surface area contributed by atoms with Crippen LogP contribution in [-0.4, -0.2) is 40.8 Å². The van der Waals surface area contributed by atoms with Crippen LogP contribution in [0.25, 0.3) is 11.3 Å². The Morgan fingerprint density at radius 1 is 1.22 bits per heavy atom. The lowest BCUT2D eigenvalue weighted by molar-refractivity contribution is 0.0679. The molecule has 1 N–H and O–H groups in total. The number of aromatic nitrogens is 2. The summed E-state index contributed by atoms with van der Waals surface area (Å²) in [6, 6.07) is 5.72. The monoisotopic (exact) mass is 440 g/mol. The molecular formula is C25H30F2N4O. The highest BCUT2D eigenvalue weighted by Crippen LogP contribution is 2.70. The van der Waals surface area contributed by atoms with Gasteiger partial charge in [0.1, 0.15) is 11.6 Å². The van der Waals surface area contributed by atoms with Gasteiger partial charge in [-0.05, 0) is 73.6 Å². The number of carbonyl (C=O) groups is 1. The summed E-state index contributed by atoms with van der Waals surface area (Å²) in [5, 5.41) is 11.9. The van der Waals surface area contributed by atoms with Crippen LogP contribution in [0.4, 0.5) is 13.6 Å². The SMILES string of the molecule is CCNC(=O)N1CCCC(C23CCC(c4cc(-c5c(F)cccc5F)nnc42)C3(C)C)C1. The fraction of sp³-hybridized carbons (Fsp3) is 0.560. The summed E-state index contributed by atoms with van der Waals surface area (Å²) < 4.78 is 28.8. The van der Waals surface area contributed by atoms with Crippen molar-refractivity contribution in [1.29, 1.82) is 0 Å². The number of carbonyl (C=O) groups excluding carboxylic acids is 1. The van der Waals surface area contributed by atoms with Gasteiger partial charge >= 0.3 is 6.03 Å². The largest absolute Gasteiger partial charge is 0.338 e. The van der Waals surface area contributed by atoms with E-state index < -0.39 is 11.6 Å². The molecule has 1 aromatic heterocycles. The van der Waals surface area contributed by atoms with Gasteiger partial charge in [-0.2, -0.15) is 10.2 Å². The molecule has 5 rings (SSSR count). The number of nitrogens with one attached hydrogen (secondary N) is 1. The number of fused-ring (bicyclic) bond motifs is 5. The summed E-state index contributed by atoms with van der Waals surface area (Å²) in [5.74, 6) is -0.700. The van der Waals surface area contributed by atoms with Crippen molar-refractivity contribution in [1.82, 2.24) is 20.4 Å². The first kappa shape index (κ1) is 21.3. The fourth-order valence-electron chi connectivity index (χ4n) is 6.97. The zero-order chi connectivity index (χ0) is 22.7. The fourth-order valence-corrected chi connectivity index (χ4v) is 6.97. The van der Waals surface area contributed by atoms with Gasteiger partial charge in [0.2, 0.25) is 0 Å². The van der Waals surface area contributed by atoms with Crippen LogP contribution in [0, 0.1) is 23.0 Å². The predicted octanol–water partition coefficient (Wildman–Crippen LogP) is 5.02. The van der Waals surface area contributed by atoms with E-state index in [0.29, 0.717) is 13.1 Å². The topological polar surface area (TPSA) is 58.1 Å². The molecule has 2 aliphatic carbocycles. The van der Waals surface area contributed by atoms with Crippen LogP contribution < -0.4 is 5.32 Å². The molecule has 2 fully saturated rings. The average Bonchev–Trinajstić information content (AvgIpc) is 3.15. The quantitative estimate of drug-likeness (QED) is 0.729. The van der Waals surface area contributed by atoms with E-state index in [-0.39, 0.29) is 40.0 Å². The summed E-state index contributed by atoms with van der Waals surface area (Å²) in [7, 11) is 0. The highest BCUT2D eigenvalue weighted by atomic mass is 19.1. The van der Waals surface area contributed by atoms with Crippen molar-refractivity contribution in [3.8, 4) is 11.3 Å². The van der Waals surface area contributed by atoms with Crippen LogP contribution in [0.2, 0.25) is 0 Å². The van der Waals surface area contributed by atoms with Gasteiger partial charge in [-0.1, -0.05) is 19.9 Å². The van der Waals surface area contributed by atoms with Crippen molar-refractivity contribution in [3.05, 3.63) is 47.2 Å². The number of hydrogen-bond acceptors (Lipinski definition) is 3. The number of halogens is 2. The number of hydrogen-bond donors (Lipinski definition) is 1. The lowest BCUT2D eigenvalue weighted by Crippen LogP contribution is -2.53. The standard InChI is InChI=1S/C25H30F2N4O/c1-4-28-23(32)31-12-6-7-15(14-31)25-11-10-17(24(25,2)3)16-13-20(29-30-22(16)25)21-18(26)8-5-9-19(21)27/h5,8-9,13,15,17H,4,6-7,10-12,14H2,1-3H3,(H,28,32). The average molecular weight is 441 g/mol. The molecule has 2 heterocycles. The second-order valence-corrected chi connectivity index (χ2v) is 10.0. The van der Waals surface area contributed by atoms with E-state index in [2.05, 4.69) is 29.4 Å². The van der Waals surface area contributed by atoms with E-state index in [1.165, 1.54) is 18.2 Å². The third-order valence-electron chi connectivity index (χ3n) is 8.42. The van der Waals surface area contributed by atoms with Crippen molar-refractivity contribution in [3.63, 3.8) is 0 Å². The molecule has 7 heteroatoms. The number of benzene rings is 1. The Hall–Kier alpha value is -2.57. The van der Waals surface area contributed by atoms with Gasteiger partial charge in [-0.25, -0.2) is 13.6 Å². The zero-order valence-electron chi connectivity index (χ0n) is 18.9.